The SMILES string of the molecule is CCNc1ncnc2sc3c(=O)n(-c4ccc(OC)cc4)ncc3c12. The molecule has 0 amide bonds. The number of nitrogens with one attached hydrogen (secondary N) is 1. The average molecular weight is 353 g/mol. The van der Waals surface area contributed by atoms with Crippen LogP contribution in [-0.4, -0.2) is 33.4 Å². The van der Waals surface area contributed by atoms with Crippen LogP contribution in [0.2, 0.25) is 0 Å². The zero-order valence-corrected chi connectivity index (χ0v) is 14.5. The highest BCUT2D eigenvalue weighted by Crippen LogP contribution is 2.33. The highest BCUT2D eigenvalue weighted by Gasteiger charge is 2.16. The summed E-state index contributed by atoms with van der Waals surface area (Å²) in [7, 11) is 1.60. The molecule has 4 rings (SSSR count). The first-order valence-electron chi connectivity index (χ1n) is 7.76. The van der Waals surface area contributed by atoms with Gasteiger partial charge in [0.25, 0.3) is 5.56 Å². The Morgan fingerprint density at radius 1 is 1.24 bits per heavy atom. The number of benzene rings is 1. The molecule has 1 aromatic carbocycles. The number of methoxy groups -OCH3 is 1. The molecule has 0 aliphatic carbocycles. The Morgan fingerprint density at radius 3 is 2.76 bits per heavy atom. The molecule has 3 heterocycles. The van der Waals surface area contributed by atoms with Gasteiger partial charge in [0.05, 0.1) is 24.4 Å². The molecule has 1 N–H and O–H groups in total. The minimum absolute atomic E-state index is 0.173. The standard InChI is InChI=1S/C17H15N5O2S/c1-3-18-15-13-12-8-21-22(10-4-6-11(24-2)7-5-10)17(23)14(12)25-16(13)20-9-19-15/h4-9H,3H2,1-2H3,(H,18,19,20). The lowest BCUT2D eigenvalue weighted by Crippen LogP contribution is -2.19. The van der Waals surface area contributed by atoms with E-state index in [1.807, 2.05) is 6.92 Å². The van der Waals surface area contributed by atoms with E-state index >= 15 is 0 Å². The van der Waals surface area contributed by atoms with Crippen molar-refractivity contribution in [2.45, 2.75) is 6.92 Å². The minimum Gasteiger partial charge on any atom is -0.497 e. The van der Waals surface area contributed by atoms with Gasteiger partial charge in [-0.2, -0.15) is 9.78 Å². The molecular weight excluding hydrogens is 338 g/mol. The molecule has 0 bridgehead atoms. The predicted molar refractivity (Wildman–Crippen MR) is 99.0 cm³/mol. The normalized spacial score (nSPS) is 11.1. The molecule has 0 atom stereocenters. The van der Waals surface area contributed by atoms with Crippen LogP contribution in [0.1, 0.15) is 6.92 Å². The van der Waals surface area contributed by atoms with Crippen molar-refractivity contribution in [1.82, 2.24) is 19.7 Å². The third kappa shape index (κ3) is 2.51. The molecule has 25 heavy (non-hydrogen) atoms. The van der Waals surface area contributed by atoms with Crippen molar-refractivity contribution in [3.63, 3.8) is 0 Å². The molecule has 0 fully saturated rings. The van der Waals surface area contributed by atoms with Crippen LogP contribution >= 0.6 is 11.3 Å². The Hall–Kier alpha value is -3.00. The van der Waals surface area contributed by atoms with Gasteiger partial charge >= 0.3 is 0 Å². The van der Waals surface area contributed by atoms with Crippen molar-refractivity contribution in [2.75, 3.05) is 19.0 Å². The van der Waals surface area contributed by atoms with Crippen LogP contribution in [-0.2, 0) is 0 Å². The molecule has 8 heteroatoms. The van der Waals surface area contributed by atoms with Crippen LogP contribution in [0.3, 0.4) is 0 Å². The monoisotopic (exact) mass is 353 g/mol. The van der Waals surface area contributed by atoms with E-state index in [4.69, 9.17) is 4.74 Å². The Labute approximate surface area is 146 Å². The van der Waals surface area contributed by atoms with Crippen LogP contribution in [0.25, 0.3) is 26.0 Å². The number of thiophene rings is 1. The van der Waals surface area contributed by atoms with Crippen LogP contribution in [0.4, 0.5) is 5.82 Å². The summed E-state index contributed by atoms with van der Waals surface area (Å²) < 4.78 is 7.15. The zero-order chi connectivity index (χ0) is 17.4. The van der Waals surface area contributed by atoms with Crippen molar-refractivity contribution < 1.29 is 4.74 Å². The first-order valence-corrected chi connectivity index (χ1v) is 8.58. The summed E-state index contributed by atoms with van der Waals surface area (Å²) in [5, 5.41) is 9.17. The molecular formula is C17H15N5O2S. The zero-order valence-electron chi connectivity index (χ0n) is 13.7. The molecule has 7 nitrogen and oxygen atoms in total. The van der Waals surface area contributed by atoms with Crippen molar-refractivity contribution in [3.05, 3.63) is 47.1 Å². The number of anilines is 1. The summed E-state index contributed by atoms with van der Waals surface area (Å²) in [6, 6.07) is 7.20. The van der Waals surface area contributed by atoms with E-state index in [0.717, 1.165) is 33.7 Å². The Balaban J connectivity index is 1.95. The summed E-state index contributed by atoms with van der Waals surface area (Å²) in [5.74, 6) is 1.45. The number of hydrogen-bond donors (Lipinski definition) is 1. The summed E-state index contributed by atoms with van der Waals surface area (Å²) in [5.41, 5.74) is 0.510. The maximum atomic E-state index is 12.9. The van der Waals surface area contributed by atoms with Crippen molar-refractivity contribution in [1.29, 1.82) is 0 Å². The van der Waals surface area contributed by atoms with Crippen molar-refractivity contribution in [3.8, 4) is 11.4 Å². The first-order chi connectivity index (χ1) is 12.2. The number of rotatable bonds is 4. The fourth-order valence-corrected chi connectivity index (χ4v) is 3.75. The number of ether oxygens (including phenoxy) is 1. The average Bonchev–Trinajstić information content (AvgIpc) is 3.03. The maximum absolute atomic E-state index is 12.9. The van der Waals surface area contributed by atoms with E-state index in [1.165, 1.54) is 22.3 Å². The van der Waals surface area contributed by atoms with E-state index in [1.54, 1.807) is 37.6 Å². The van der Waals surface area contributed by atoms with E-state index in [2.05, 4.69) is 20.4 Å². The Morgan fingerprint density at radius 2 is 2.04 bits per heavy atom. The summed E-state index contributed by atoms with van der Waals surface area (Å²) in [6.07, 6.45) is 3.20. The molecule has 0 unspecified atom stereocenters. The molecule has 0 aliphatic rings. The van der Waals surface area contributed by atoms with Crippen LogP contribution in [0.5, 0.6) is 5.75 Å². The molecule has 4 aromatic rings. The van der Waals surface area contributed by atoms with Crippen molar-refractivity contribution in [2.24, 2.45) is 0 Å². The minimum atomic E-state index is -0.173. The second-order valence-electron chi connectivity index (χ2n) is 5.34. The second-order valence-corrected chi connectivity index (χ2v) is 6.34. The lowest BCUT2D eigenvalue weighted by Gasteiger charge is -2.06. The number of fused-ring (bicyclic) bond motifs is 3. The van der Waals surface area contributed by atoms with E-state index in [9.17, 15) is 4.79 Å². The van der Waals surface area contributed by atoms with Crippen molar-refractivity contribution >= 4 is 37.5 Å². The topological polar surface area (TPSA) is 81.9 Å². The van der Waals surface area contributed by atoms with Gasteiger partial charge in [0.2, 0.25) is 0 Å². The lowest BCUT2D eigenvalue weighted by atomic mass is 10.2. The lowest BCUT2D eigenvalue weighted by molar-refractivity contribution is 0.414. The van der Waals surface area contributed by atoms with Gasteiger partial charge in [0, 0.05) is 11.9 Å². The van der Waals surface area contributed by atoms with Gasteiger partial charge in [-0.1, -0.05) is 0 Å². The molecule has 0 aliphatic heterocycles. The van der Waals surface area contributed by atoms with Gasteiger partial charge < -0.3 is 10.1 Å². The Kier molecular flexibility index (Phi) is 3.81. The third-order valence-corrected chi connectivity index (χ3v) is 4.98. The number of hydrogen-bond acceptors (Lipinski definition) is 7. The van der Waals surface area contributed by atoms with Crippen LogP contribution in [0, 0.1) is 0 Å². The van der Waals surface area contributed by atoms with Crippen LogP contribution in [0.15, 0.2) is 41.6 Å². The first kappa shape index (κ1) is 15.5. The molecule has 0 saturated heterocycles. The quantitative estimate of drug-likeness (QED) is 0.607. The van der Waals surface area contributed by atoms with E-state index in [0.29, 0.717) is 10.4 Å². The number of nitrogens with zero attached hydrogens (tertiary/aromatic N) is 4. The van der Waals surface area contributed by atoms with Gasteiger partial charge in [-0.25, -0.2) is 9.97 Å². The fourth-order valence-electron chi connectivity index (χ4n) is 2.71. The van der Waals surface area contributed by atoms with Gasteiger partial charge in [0.15, 0.2) is 0 Å². The number of aromatic nitrogens is 4. The summed E-state index contributed by atoms with van der Waals surface area (Å²) in [6.45, 7) is 2.73. The second kappa shape index (κ2) is 6.14. The molecule has 0 radical (unpaired) electrons. The molecule has 0 saturated carbocycles. The summed E-state index contributed by atoms with van der Waals surface area (Å²) >= 11 is 1.36. The molecule has 126 valence electrons. The van der Waals surface area contributed by atoms with Crippen LogP contribution < -0.4 is 15.6 Å². The largest absolute Gasteiger partial charge is 0.497 e. The van der Waals surface area contributed by atoms with Gasteiger partial charge in [0.1, 0.15) is 27.4 Å². The van der Waals surface area contributed by atoms with Gasteiger partial charge in [-0.15, -0.1) is 11.3 Å². The molecule has 3 aromatic heterocycles. The maximum Gasteiger partial charge on any atom is 0.289 e. The summed E-state index contributed by atoms with van der Waals surface area (Å²) in [4.78, 5) is 22.3. The third-order valence-electron chi connectivity index (χ3n) is 3.88. The van der Waals surface area contributed by atoms with Gasteiger partial charge in [-0.3, -0.25) is 4.79 Å². The van der Waals surface area contributed by atoms with E-state index < -0.39 is 0 Å². The van der Waals surface area contributed by atoms with Gasteiger partial charge in [-0.05, 0) is 31.2 Å². The highest BCUT2D eigenvalue weighted by molar-refractivity contribution is 7.25. The Bertz CT molecular complexity index is 1120. The molecule has 0 spiro atoms. The van der Waals surface area contributed by atoms with E-state index in [-0.39, 0.29) is 5.56 Å². The smallest absolute Gasteiger partial charge is 0.289 e. The fraction of sp³-hybridized carbons (Fsp3) is 0.176. The predicted octanol–water partition coefficient (Wildman–Crippen LogP) is 2.83. The highest BCUT2D eigenvalue weighted by atomic mass is 32.1.